The van der Waals surface area contributed by atoms with Gasteiger partial charge in [0.05, 0.1) is 5.69 Å². The van der Waals surface area contributed by atoms with Crippen LogP contribution >= 0.6 is 0 Å². The van der Waals surface area contributed by atoms with E-state index < -0.39 is 0 Å². The predicted octanol–water partition coefficient (Wildman–Crippen LogP) is 2.51. The van der Waals surface area contributed by atoms with Crippen LogP contribution in [-0.2, 0) is 6.54 Å². The van der Waals surface area contributed by atoms with Gasteiger partial charge in [-0.3, -0.25) is 4.90 Å². The largest absolute Gasteiger partial charge is 0.298 e. The van der Waals surface area contributed by atoms with E-state index in [0.717, 1.165) is 31.1 Å². The summed E-state index contributed by atoms with van der Waals surface area (Å²) < 4.78 is 1.91. The Morgan fingerprint density at radius 1 is 0.875 bits per heavy atom. The van der Waals surface area contributed by atoms with Crippen LogP contribution in [0.1, 0.15) is 17.3 Å². The van der Waals surface area contributed by atoms with Crippen molar-refractivity contribution < 1.29 is 0 Å². The first-order valence-electron chi connectivity index (χ1n) is 8.50. The highest BCUT2D eigenvalue weighted by Crippen LogP contribution is 2.57. The van der Waals surface area contributed by atoms with Crippen LogP contribution in [0.2, 0.25) is 0 Å². The molecule has 3 aromatic rings. The lowest BCUT2D eigenvalue weighted by molar-refractivity contribution is 0.288. The highest BCUT2D eigenvalue weighted by Gasteiger charge is 2.58. The third-order valence-corrected chi connectivity index (χ3v) is 5.31. The minimum Gasteiger partial charge on any atom is -0.298 e. The number of aromatic nitrogens is 4. The molecule has 1 saturated heterocycles. The Hall–Kier alpha value is -2.53. The molecular formula is C19H19N5. The Bertz CT molecular complexity index is 817. The van der Waals surface area contributed by atoms with Crippen LogP contribution in [-0.4, -0.2) is 38.2 Å². The van der Waals surface area contributed by atoms with Gasteiger partial charge in [-0.15, -0.1) is 5.10 Å². The van der Waals surface area contributed by atoms with Gasteiger partial charge in [0.1, 0.15) is 0 Å². The third kappa shape index (κ3) is 2.32. The molecule has 0 N–H and O–H groups in total. The molecule has 2 fully saturated rings. The second-order valence-electron chi connectivity index (χ2n) is 6.82. The first-order valence-corrected chi connectivity index (χ1v) is 8.50. The van der Waals surface area contributed by atoms with Gasteiger partial charge in [-0.2, -0.15) is 4.68 Å². The van der Waals surface area contributed by atoms with Gasteiger partial charge in [0.15, 0.2) is 5.82 Å². The first-order chi connectivity index (χ1) is 11.9. The Morgan fingerprint density at radius 2 is 1.54 bits per heavy atom. The third-order valence-electron chi connectivity index (χ3n) is 5.31. The number of para-hydroxylation sites is 1. The number of hydrogen-bond acceptors (Lipinski definition) is 4. The zero-order valence-corrected chi connectivity index (χ0v) is 13.4. The van der Waals surface area contributed by atoms with Gasteiger partial charge in [-0.05, 0) is 40.0 Å². The number of likely N-dealkylation sites (tertiary alicyclic amines) is 1. The lowest BCUT2D eigenvalue weighted by atomic mass is 10.2. The van der Waals surface area contributed by atoms with Gasteiger partial charge in [-0.1, -0.05) is 48.5 Å². The monoisotopic (exact) mass is 317 g/mol. The summed E-state index contributed by atoms with van der Waals surface area (Å²) >= 11 is 0. The molecule has 3 atom stereocenters. The number of rotatable bonds is 4. The lowest BCUT2D eigenvalue weighted by Gasteiger charge is -2.19. The van der Waals surface area contributed by atoms with Crippen molar-refractivity contribution in [2.45, 2.75) is 12.5 Å². The molecule has 2 aliphatic rings. The molecule has 5 rings (SSSR count). The fourth-order valence-electron chi connectivity index (χ4n) is 4.12. The van der Waals surface area contributed by atoms with E-state index in [-0.39, 0.29) is 0 Å². The summed E-state index contributed by atoms with van der Waals surface area (Å²) in [4.78, 5) is 2.55. The molecule has 0 bridgehead atoms. The van der Waals surface area contributed by atoms with Crippen LogP contribution in [0.15, 0.2) is 60.7 Å². The topological polar surface area (TPSA) is 46.8 Å². The van der Waals surface area contributed by atoms with Crippen molar-refractivity contribution in [3.63, 3.8) is 0 Å². The standard InChI is InChI=1S/C19H19N5/c1-3-7-14(8-4-1)11-23-12-16-17(13-23)18(16)19-20-21-22-24(19)15-9-5-2-6-10-15/h1-10,16-18H,11-13H2/t16-,17+,18?. The van der Waals surface area contributed by atoms with Crippen LogP contribution in [0.4, 0.5) is 0 Å². The fourth-order valence-corrected chi connectivity index (χ4v) is 4.12. The molecule has 5 heteroatoms. The summed E-state index contributed by atoms with van der Waals surface area (Å²) in [5, 5.41) is 12.5. The summed E-state index contributed by atoms with van der Waals surface area (Å²) in [6.45, 7) is 3.34. The number of nitrogens with zero attached hydrogens (tertiary/aromatic N) is 5. The normalized spacial score (nSPS) is 25.6. The van der Waals surface area contributed by atoms with Gasteiger partial charge >= 0.3 is 0 Å². The fraction of sp³-hybridized carbons (Fsp3) is 0.316. The van der Waals surface area contributed by atoms with Gasteiger partial charge in [0.25, 0.3) is 0 Å². The highest BCUT2D eigenvalue weighted by molar-refractivity contribution is 5.33. The Kier molecular flexibility index (Phi) is 3.19. The summed E-state index contributed by atoms with van der Waals surface area (Å²) in [5.41, 5.74) is 2.44. The lowest BCUT2D eigenvalue weighted by Crippen LogP contribution is -2.24. The average molecular weight is 317 g/mol. The van der Waals surface area contributed by atoms with Gasteiger partial charge in [-0.25, -0.2) is 0 Å². The van der Waals surface area contributed by atoms with E-state index >= 15 is 0 Å². The van der Waals surface area contributed by atoms with Crippen molar-refractivity contribution in [2.24, 2.45) is 11.8 Å². The smallest absolute Gasteiger partial charge is 0.160 e. The Labute approximate surface area is 140 Å². The second-order valence-corrected chi connectivity index (χ2v) is 6.82. The summed E-state index contributed by atoms with van der Waals surface area (Å²) in [7, 11) is 0. The summed E-state index contributed by atoms with van der Waals surface area (Å²) in [6.07, 6.45) is 0. The van der Waals surface area contributed by atoms with Crippen LogP contribution in [0, 0.1) is 11.8 Å². The summed E-state index contributed by atoms with van der Waals surface area (Å²) in [6, 6.07) is 20.9. The molecule has 1 aliphatic heterocycles. The van der Waals surface area contributed by atoms with Crippen molar-refractivity contribution in [3.05, 3.63) is 72.1 Å². The zero-order valence-electron chi connectivity index (χ0n) is 13.4. The molecule has 1 aromatic heterocycles. The van der Waals surface area contributed by atoms with Crippen LogP contribution in [0.25, 0.3) is 5.69 Å². The molecule has 0 radical (unpaired) electrons. The number of tetrazole rings is 1. The molecule has 0 amide bonds. The molecule has 120 valence electrons. The van der Waals surface area contributed by atoms with E-state index in [1.165, 1.54) is 5.56 Å². The molecule has 5 nitrogen and oxygen atoms in total. The number of fused-ring (bicyclic) bond motifs is 1. The minimum absolute atomic E-state index is 0.507. The van der Waals surface area contributed by atoms with Crippen LogP contribution in [0.5, 0.6) is 0 Å². The maximum Gasteiger partial charge on any atom is 0.160 e. The molecular weight excluding hydrogens is 298 g/mol. The first kappa shape index (κ1) is 13.9. The van der Waals surface area contributed by atoms with E-state index in [2.05, 4.69) is 62.9 Å². The van der Waals surface area contributed by atoms with Crippen molar-refractivity contribution in [1.29, 1.82) is 0 Å². The molecule has 2 aromatic carbocycles. The molecule has 1 aliphatic carbocycles. The Balaban J connectivity index is 1.29. The average Bonchev–Trinajstić information content (AvgIpc) is 3.01. The van der Waals surface area contributed by atoms with E-state index in [1.54, 1.807) is 0 Å². The van der Waals surface area contributed by atoms with E-state index in [0.29, 0.717) is 17.8 Å². The highest BCUT2D eigenvalue weighted by atomic mass is 15.5. The zero-order chi connectivity index (χ0) is 15.9. The van der Waals surface area contributed by atoms with Gasteiger partial charge in [0, 0.05) is 25.6 Å². The SMILES string of the molecule is c1ccc(CN2C[C@@H]3C(c4nnnn4-c4ccccc4)[C@@H]3C2)cc1. The number of piperidine rings is 1. The van der Waals surface area contributed by atoms with Crippen LogP contribution in [0.3, 0.4) is 0 Å². The van der Waals surface area contributed by atoms with Crippen molar-refractivity contribution in [3.8, 4) is 5.69 Å². The number of benzene rings is 2. The minimum atomic E-state index is 0.507. The molecule has 2 heterocycles. The summed E-state index contributed by atoms with van der Waals surface area (Å²) in [5.74, 6) is 2.92. The van der Waals surface area contributed by atoms with Gasteiger partial charge < -0.3 is 0 Å². The van der Waals surface area contributed by atoms with Crippen molar-refractivity contribution >= 4 is 0 Å². The van der Waals surface area contributed by atoms with E-state index in [1.807, 2.05) is 22.9 Å². The maximum absolute atomic E-state index is 4.33. The molecule has 24 heavy (non-hydrogen) atoms. The predicted molar refractivity (Wildman–Crippen MR) is 90.6 cm³/mol. The van der Waals surface area contributed by atoms with E-state index in [4.69, 9.17) is 0 Å². The molecule has 1 unspecified atom stereocenters. The maximum atomic E-state index is 4.33. The number of hydrogen-bond donors (Lipinski definition) is 0. The molecule has 1 saturated carbocycles. The Morgan fingerprint density at radius 3 is 2.25 bits per heavy atom. The second kappa shape index (κ2) is 5.53. The van der Waals surface area contributed by atoms with Crippen molar-refractivity contribution in [2.75, 3.05) is 13.1 Å². The van der Waals surface area contributed by atoms with E-state index in [9.17, 15) is 0 Å². The van der Waals surface area contributed by atoms with Crippen LogP contribution < -0.4 is 0 Å². The molecule has 0 spiro atoms. The van der Waals surface area contributed by atoms with Gasteiger partial charge in [0.2, 0.25) is 0 Å². The quantitative estimate of drug-likeness (QED) is 0.742. The van der Waals surface area contributed by atoms with Crippen molar-refractivity contribution in [1.82, 2.24) is 25.1 Å².